The van der Waals surface area contributed by atoms with Crippen molar-refractivity contribution in [3.63, 3.8) is 0 Å². The normalized spacial score (nSPS) is 12.6. The van der Waals surface area contributed by atoms with Gasteiger partial charge < -0.3 is 4.90 Å². The Morgan fingerprint density at radius 1 is 0.588 bits per heavy atom. The number of halogens is 3. The van der Waals surface area contributed by atoms with Crippen LogP contribution in [0.25, 0.3) is 0 Å². The maximum Gasteiger partial charge on any atom is 0.416 e. The lowest BCUT2D eigenvalue weighted by molar-refractivity contribution is -0.137. The number of alkyl halides is 3. The fraction of sp³-hybridized carbons (Fsp3) is 0.400. The molecule has 0 radical (unpaired) electrons. The standard InChI is InChI=1S/C30H36F3N/c1-8-28(4,5)22-10-14-25(15-11-22)34(26-16-12-23(13-17-26)29(6,7)9-2)27-19-21(3)18-24(20-27)30(31,32)33/h10-20H,8-9H2,1-7H3. The topological polar surface area (TPSA) is 3.24 Å². The summed E-state index contributed by atoms with van der Waals surface area (Å²) in [6.45, 7) is 14.8. The van der Waals surface area contributed by atoms with Crippen LogP contribution in [0.5, 0.6) is 0 Å². The zero-order chi connectivity index (χ0) is 25.3. The Balaban J connectivity index is 2.16. The Morgan fingerprint density at radius 3 is 1.35 bits per heavy atom. The van der Waals surface area contributed by atoms with Crippen molar-refractivity contribution < 1.29 is 13.2 Å². The van der Waals surface area contributed by atoms with E-state index in [2.05, 4.69) is 65.8 Å². The summed E-state index contributed by atoms with van der Waals surface area (Å²) in [6, 6.07) is 20.6. The number of rotatable bonds is 7. The van der Waals surface area contributed by atoms with Gasteiger partial charge in [0.15, 0.2) is 0 Å². The van der Waals surface area contributed by atoms with E-state index in [1.165, 1.54) is 23.3 Å². The van der Waals surface area contributed by atoms with E-state index in [1.807, 2.05) is 35.2 Å². The Hall–Kier alpha value is -2.75. The highest BCUT2D eigenvalue weighted by atomic mass is 19.4. The molecule has 0 saturated carbocycles. The van der Waals surface area contributed by atoms with E-state index in [4.69, 9.17) is 0 Å². The fourth-order valence-corrected chi connectivity index (χ4v) is 4.03. The van der Waals surface area contributed by atoms with E-state index < -0.39 is 11.7 Å². The lowest BCUT2D eigenvalue weighted by Crippen LogP contribution is -2.17. The van der Waals surface area contributed by atoms with Crippen LogP contribution in [-0.4, -0.2) is 0 Å². The van der Waals surface area contributed by atoms with Gasteiger partial charge in [0.2, 0.25) is 0 Å². The molecule has 0 aliphatic heterocycles. The minimum absolute atomic E-state index is 0.0313. The molecule has 0 amide bonds. The third-order valence-corrected chi connectivity index (χ3v) is 7.23. The van der Waals surface area contributed by atoms with Gasteiger partial charge in [-0.25, -0.2) is 0 Å². The lowest BCUT2D eigenvalue weighted by atomic mass is 9.82. The summed E-state index contributed by atoms with van der Waals surface area (Å²) in [5.41, 5.74) is 4.57. The molecule has 0 heterocycles. The van der Waals surface area contributed by atoms with Gasteiger partial charge in [0.25, 0.3) is 0 Å². The predicted octanol–water partition coefficient (Wildman–Crippen LogP) is 9.86. The van der Waals surface area contributed by atoms with Crippen molar-refractivity contribution in [2.24, 2.45) is 0 Å². The van der Waals surface area contributed by atoms with E-state index >= 15 is 0 Å². The molecule has 182 valence electrons. The molecule has 0 N–H and O–H groups in total. The summed E-state index contributed by atoms with van der Waals surface area (Å²) in [5, 5.41) is 0. The maximum absolute atomic E-state index is 13.6. The lowest BCUT2D eigenvalue weighted by Gasteiger charge is -2.29. The fourth-order valence-electron chi connectivity index (χ4n) is 4.03. The molecule has 3 aromatic carbocycles. The highest BCUT2D eigenvalue weighted by Crippen LogP contribution is 2.40. The largest absolute Gasteiger partial charge is 0.416 e. The van der Waals surface area contributed by atoms with Gasteiger partial charge >= 0.3 is 6.18 Å². The number of benzene rings is 3. The number of hydrogen-bond acceptors (Lipinski definition) is 1. The van der Waals surface area contributed by atoms with Crippen LogP contribution >= 0.6 is 0 Å². The third-order valence-electron chi connectivity index (χ3n) is 7.23. The first-order chi connectivity index (χ1) is 15.8. The van der Waals surface area contributed by atoms with E-state index in [0.29, 0.717) is 11.3 Å². The van der Waals surface area contributed by atoms with Gasteiger partial charge in [0, 0.05) is 17.1 Å². The smallest absolute Gasteiger partial charge is 0.310 e. The second-order valence-corrected chi connectivity index (χ2v) is 10.5. The van der Waals surface area contributed by atoms with E-state index in [9.17, 15) is 13.2 Å². The van der Waals surface area contributed by atoms with Crippen LogP contribution in [0.3, 0.4) is 0 Å². The summed E-state index contributed by atoms with van der Waals surface area (Å²) in [7, 11) is 0. The van der Waals surface area contributed by atoms with Crippen LogP contribution in [0.15, 0.2) is 66.7 Å². The molecule has 34 heavy (non-hydrogen) atoms. The first kappa shape index (κ1) is 25.9. The number of nitrogens with zero attached hydrogens (tertiary/aromatic N) is 1. The first-order valence-corrected chi connectivity index (χ1v) is 12.0. The van der Waals surface area contributed by atoms with Gasteiger partial charge in [-0.3, -0.25) is 0 Å². The molecule has 3 aromatic rings. The van der Waals surface area contributed by atoms with Gasteiger partial charge in [0.1, 0.15) is 0 Å². The van der Waals surface area contributed by atoms with Crippen LogP contribution < -0.4 is 4.90 Å². The van der Waals surface area contributed by atoms with Crippen molar-refractivity contribution in [1.29, 1.82) is 0 Å². The van der Waals surface area contributed by atoms with Crippen molar-refractivity contribution in [2.75, 3.05) is 4.90 Å². The molecule has 0 unspecified atom stereocenters. The summed E-state index contributed by atoms with van der Waals surface area (Å²) < 4.78 is 40.9. The Labute approximate surface area is 202 Å². The Morgan fingerprint density at radius 2 is 1.00 bits per heavy atom. The quantitative estimate of drug-likeness (QED) is 0.334. The van der Waals surface area contributed by atoms with E-state index in [0.717, 1.165) is 24.2 Å². The van der Waals surface area contributed by atoms with Crippen molar-refractivity contribution in [3.05, 3.63) is 89.0 Å². The minimum atomic E-state index is -4.41. The van der Waals surface area contributed by atoms with Gasteiger partial charge in [0.05, 0.1) is 5.56 Å². The second kappa shape index (κ2) is 9.48. The molecule has 4 heteroatoms. The van der Waals surface area contributed by atoms with Gasteiger partial charge in [-0.15, -0.1) is 0 Å². The van der Waals surface area contributed by atoms with E-state index in [-0.39, 0.29) is 10.8 Å². The number of aryl methyl sites for hydroxylation is 1. The zero-order valence-electron chi connectivity index (χ0n) is 21.3. The summed E-state index contributed by atoms with van der Waals surface area (Å²) >= 11 is 0. The Kier molecular flexibility index (Phi) is 7.21. The van der Waals surface area contributed by atoms with Crippen LogP contribution in [0, 0.1) is 6.92 Å². The highest BCUT2D eigenvalue weighted by Gasteiger charge is 2.32. The average Bonchev–Trinajstić information content (AvgIpc) is 2.79. The van der Waals surface area contributed by atoms with Crippen molar-refractivity contribution in [3.8, 4) is 0 Å². The maximum atomic E-state index is 13.6. The molecule has 0 aliphatic carbocycles. The van der Waals surface area contributed by atoms with Crippen molar-refractivity contribution in [2.45, 2.75) is 78.3 Å². The first-order valence-electron chi connectivity index (χ1n) is 12.0. The Bertz CT molecular complexity index is 1050. The van der Waals surface area contributed by atoms with Gasteiger partial charge in [-0.05, 0) is 89.8 Å². The zero-order valence-corrected chi connectivity index (χ0v) is 21.3. The minimum Gasteiger partial charge on any atom is -0.310 e. The SMILES string of the molecule is CCC(C)(C)c1ccc(N(c2ccc(C(C)(C)CC)cc2)c2cc(C)cc(C(F)(F)F)c2)cc1. The molecular weight excluding hydrogens is 431 g/mol. The summed E-state index contributed by atoms with van der Waals surface area (Å²) in [4.78, 5) is 1.91. The highest BCUT2D eigenvalue weighted by molar-refractivity contribution is 5.77. The molecular formula is C30H36F3N. The molecule has 0 aromatic heterocycles. The van der Waals surface area contributed by atoms with Crippen LogP contribution in [-0.2, 0) is 17.0 Å². The molecule has 1 nitrogen and oxygen atoms in total. The molecule has 0 fully saturated rings. The molecule has 0 atom stereocenters. The number of anilines is 3. The van der Waals surface area contributed by atoms with E-state index in [1.54, 1.807) is 6.92 Å². The summed E-state index contributed by atoms with van der Waals surface area (Å²) in [5.74, 6) is 0. The number of hydrogen-bond donors (Lipinski definition) is 0. The predicted molar refractivity (Wildman–Crippen MR) is 137 cm³/mol. The van der Waals surface area contributed by atoms with Crippen molar-refractivity contribution in [1.82, 2.24) is 0 Å². The average molecular weight is 468 g/mol. The molecule has 0 aliphatic rings. The van der Waals surface area contributed by atoms with Crippen molar-refractivity contribution >= 4 is 17.1 Å². The third kappa shape index (κ3) is 5.48. The van der Waals surface area contributed by atoms with Gasteiger partial charge in [-0.1, -0.05) is 65.8 Å². The second-order valence-electron chi connectivity index (χ2n) is 10.5. The molecule has 0 spiro atoms. The van der Waals surface area contributed by atoms with Crippen LogP contribution in [0.2, 0.25) is 0 Å². The monoisotopic (exact) mass is 467 g/mol. The van der Waals surface area contributed by atoms with Crippen LogP contribution in [0.1, 0.15) is 76.6 Å². The molecule has 3 rings (SSSR count). The molecule has 0 bridgehead atoms. The van der Waals surface area contributed by atoms with Crippen LogP contribution in [0.4, 0.5) is 30.2 Å². The molecule has 0 saturated heterocycles. The van der Waals surface area contributed by atoms with Gasteiger partial charge in [-0.2, -0.15) is 13.2 Å². The summed E-state index contributed by atoms with van der Waals surface area (Å²) in [6.07, 6.45) is -2.41.